The molecule has 6 heteroatoms. The maximum atomic E-state index is 9.65. The first-order valence-corrected chi connectivity index (χ1v) is 9.27. The van der Waals surface area contributed by atoms with Crippen LogP contribution in [0.4, 0.5) is 0 Å². The Kier molecular flexibility index (Phi) is 4.44. The summed E-state index contributed by atoms with van der Waals surface area (Å²) >= 11 is 1.61. The quantitative estimate of drug-likeness (QED) is 0.568. The van der Waals surface area contributed by atoms with Gasteiger partial charge in [-0.25, -0.2) is 4.98 Å². The second-order valence-corrected chi connectivity index (χ2v) is 7.12. The van der Waals surface area contributed by atoms with Crippen LogP contribution in [0.15, 0.2) is 52.4 Å². The Balaban J connectivity index is 1.65. The Morgan fingerprint density at radius 3 is 2.73 bits per heavy atom. The normalized spacial score (nSPS) is 11.2. The molecular weight excluding hydrogens is 346 g/mol. The molecule has 0 amide bonds. The van der Waals surface area contributed by atoms with Gasteiger partial charge in [-0.3, -0.25) is 4.68 Å². The topological polar surface area (TPSA) is 64.1 Å². The van der Waals surface area contributed by atoms with E-state index in [1.54, 1.807) is 11.3 Å². The van der Waals surface area contributed by atoms with Crippen molar-refractivity contribution in [2.45, 2.75) is 27.0 Å². The van der Waals surface area contributed by atoms with Gasteiger partial charge in [-0.1, -0.05) is 24.3 Å². The summed E-state index contributed by atoms with van der Waals surface area (Å²) in [4.78, 5) is 5.72. The molecule has 132 valence electrons. The molecule has 0 unspecified atom stereocenters. The van der Waals surface area contributed by atoms with E-state index in [-0.39, 0.29) is 6.61 Å². The lowest BCUT2D eigenvalue weighted by atomic mass is 10.1. The van der Waals surface area contributed by atoms with Gasteiger partial charge in [0.1, 0.15) is 17.1 Å². The highest BCUT2D eigenvalue weighted by Crippen LogP contribution is 2.28. The summed E-state index contributed by atoms with van der Waals surface area (Å²) in [6.07, 6.45) is 1.87. The van der Waals surface area contributed by atoms with E-state index in [9.17, 15) is 5.11 Å². The van der Waals surface area contributed by atoms with E-state index in [1.165, 1.54) is 0 Å². The third-order valence-electron chi connectivity index (χ3n) is 4.34. The molecule has 0 fully saturated rings. The van der Waals surface area contributed by atoms with Crippen molar-refractivity contribution in [3.05, 3.63) is 70.6 Å². The standard InChI is InChI=1S/C20H19N3O2S/c1-13-6-3-4-7-16(13)20-21-17(14(2)25-20)11-23-10-15(12-24)19(22-23)18-8-5-9-26-18/h3-10,24H,11-12H2,1-2H3. The van der Waals surface area contributed by atoms with Gasteiger partial charge in [0, 0.05) is 17.3 Å². The number of hydrogen-bond acceptors (Lipinski definition) is 5. The van der Waals surface area contributed by atoms with Crippen LogP contribution in [-0.2, 0) is 13.2 Å². The summed E-state index contributed by atoms with van der Waals surface area (Å²) < 4.78 is 7.70. The van der Waals surface area contributed by atoms with Crippen LogP contribution in [0.5, 0.6) is 0 Å². The minimum absolute atomic E-state index is 0.0422. The van der Waals surface area contributed by atoms with Crippen molar-refractivity contribution in [3.63, 3.8) is 0 Å². The summed E-state index contributed by atoms with van der Waals surface area (Å²) in [7, 11) is 0. The lowest BCUT2D eigenvalue weighted by Crippen LogP contribution is -2.02. The van der Waals surface area contributed by atoms with Gasteiger partial charge in [0.15, 0.2) is 0 Å². The average Bonchev–Trinajstić information content (AvgIpc) is 3.36. The smallest absolute Gasteiger partial charge is 0.226 e. The number of hydrogen-bond donors (Lipinski definition) is 1. The third-order valence-corrected chi connectivity index (χ3v) is 5.22. The Morgan fingerprint density at radius 2 is 2.00 bits per heavy atom. The lowest BCUT2D eigenvalue weighted by Gasteiger charge is -1.99. The van der Waals surface area contributed by atoms with E-state index >= 15 is 0 Å². The van der Waals surface area contributed by atoms with Crippen molar-refractivity contribution in [1.82, 2.24) is 14.8 Å². The molecule has 0 saturated carbocycles. The molecule has 3 aromatic heterocycles. The van der Waals surface area contributed by atoms with Crippen molar-refractivity contribution in [2.75, 3.05) is 0 Å². The van der Waals surface area contributed by atoms with Gasteiger partial charge in [0.25, 0.3) is 0 Å². The molecule has 26 heavy (non-hydrogen) atoms. The Bertz CT molecular complexity index is 1030. The highest BCUT2D eigenvalue weighted by Gasteiger charge is 2.16. The van der Waals surface area contributed by atoms with Crippen molar-refractivity contribution in [3.8, 4) is 22.0 Å². The fourth-order valence-corrected chi connectivity index (χ4v) is 3.68. The fraction of sp³-hybridized carbons (Fsp3) is 0.200. The van der Waals surface area contributed by atoms with Crippen molar-refractivity contribution < 1.29 is 9.52 Å². The highest BCUT2D eigenvalue weighted by atomic mass is 32.1. The first kappa shape index (κ1) is 16.8. The summed E-state index contributed by atoms with van der Waals surface area (Å²) in [6, 6.07) is 12.0. The van der Waals surface area contributed by atoms with Gasteiger partial charge in [-0.2, -0.15) is 5.10 Å². The number of oxazole rings is 1. The molecule has 1 N–H and O–H groups in total. The van der Waals surface area contributed by atoms with E-state index < -0.39 is 0 Å². The zero-order valence-corrected chi connectivity index (χ0v) is 15.5. The van der Waals surface area contributed by atoms with Crippen LogP contribution in [-0.4, -0.2) is 19.9 Å². The SMILES string of the molecule is Cc1ccccc1-c1nc(Cn2cc(CO)c(-c3cccs3)n2)c(C)o1. The monoisotopic (exact) mass is 365 g/mol. The predicted molar refractivity (Wildman–Crippen MR) is 102 cm³/mol. The molecule has 0 atom stereocenters. The van der Waals surface area contributed by atoms with E-state index in [0.29, 0.717) is 12.4 Å². The number of aryl methyl sites for hydroxylation is 2. The minimum atomic E-state index is -0.0422. The maximum Gasteiger partial charge on any atom is 0.226 e. The summed E-state index contributed by atoms with van der Waals surface area (Å²) in [5.74, 6) is 1.41. The second kappa shape index (κ2) is 6.90. The van der Waals surface area contributed by atoms with Crippen LogP contribution in [0.2, 0.25) is 0 Å². The van der Waals surface area contributed by atoms with Crippen LogP contribution < -0.4 is 0 Å². The summed E-state index contributed by atoms with van der Waals surface area (Å²) in [5.41, 5.74) is 4.60. The van der Waals surface area contributed by atoms with E-state index in [2.05, 4.69) is 10.1 Å². The van der Waals surface area contributed by atoms with Crippen LogP contribution in [0, 0.1) is 13.8 Å². The number of nitrogens with zero attached hydrogens (tertiary/aromatic N) is 3. The zero-order valence-electron chi connectivity index (χ0n) is 14.6. The third kappa shape index (κ3) is 3.09. The van der Waals surface area contributed by atoms with Gasteiger partial charge in [-0.15, -0.1) is 11.3 Å². The number of benzene rings is 1. The molecule has 0 radical (unpaired) electrons. The van der Waals surface area contributed by atoms with E-state index in [1.807, 2.05) is 66.5 Å². The first-order chi connectivity index (χ1) is 12.7. The Hall–Kier alpha value is -2.70. The largest absolute Gasteiger partial charge is 0.441 e. The Morgan fingerprint density at radius 1 is 1.15 bits per heavy atom. The molecule has 0 saturated heterocycles. The lowest BCUT2D eigenvalue weighted by molar-refractivity contribution is 0.282. The molecule has 0 aliphatic carbocycles. The number of aromatic nitrogens is 3. The van der Waals surface area contributed by atoms with Crippen LogP contribution in [0.1, 0.15) is 22.6 Å². The summed E-state index contributed by atoms with van der Waals surface area (Å²) in [5, 5.41) is 16.3. The molecule has 5 nitrogen and oxygen atoms in total. The maximum absolute atomic E-state index is 9.65. The van der Waals surface area contributed by atoms with Gasteiger partial charge in [-0.05, 0) is 36.9 Å². The molecule has 1 aromatic carbocycles. The van der Waals surface area contributed by atoms with E-state index in [0.717, 1.165) is 38.7 Å². The highest BCUT2D eigenvalue weighted by molar-refractivity contribution is 7.13. The molecular formula is C20H19N3O2S. The number of thiophene rings is 1. The number of aliphatic hydroxyl groups excluding tert-OH is 1. The average molecular weight is 365 g/mol. The van der Waals surface area contributed by atoms with Crippen LogP contribution in [0.3, 0.4) is 0 Å². The number of aliphatic hydroxyl groups is 1. The van der Waals surface area contributed by atoms with Gasteiger partial charge in [0.05, 0.1) is 18.0 Å². The molecule has 0 aliphatic heterocycles. The molecule has 4 rings (SSSR count). The molecule has 0 spiro atoms. The van der Waals surface area contributed by atoms with Crippen molar-refractivity contribution in [2.24, 2.45) is 0 Å². The minimum Gasteiger partial charge on any atom is -0.441 e. The molecule has 0 aliphatic rings. The van der Waals surface area contributed by atoms with Gasteiger partial charge < -0.3 is 9.52 Å². The van der Waals surface area contributed by atoms with Crippen LogP contribution in [0.25, 0.3) is 22.0 Å². The Labute approximate surface area is 155 Å². The second-order valence-electron chi connectivity index (χ2n) is 6.17. The van der Waals surface area contributed by atoms with Gasteiger partial charge >= 0.3 is 0 Å². The first-order valence-electron chi connectivity index (χ1n) is 8.39. The zero-order chi connectivity index (χ0) is 18.1. The summed E-state index contributed by atoms with van der Waals surface area (Å²) in [6.45, 7) is 4.42. The molecule has 4 aromatic rings. The van der Waals surface area contributed by atoms with Crippen LogP contribution >= 0.6 is 11.3 Å². The predicted octanol–water partition coefficient (Wildman–Crippen LogP) is 4.42. The van der Waals surface area contributed by atoms with Crippen molar-refractivity contribution in [1.29, 1.82) is 0 Å². The molecule has 3 heterocycles. The fourth-order valence-electron chi connectivity index (χ4n) is 2.94. The van der Waals surface area contributed by atoms with E-state index in [4.69, 9.17) is 4.42 Å². The van der Waals surface area contributed by atoms with Crippen molar-refractivity contribution >= 4 is 11.3 Å². The molecule has 0 bridgehead atoms. The number of rotatable bonds is 5. The van der Waals surface area contributed by atoms with Gasteiger partial charge in [0.2, 0.25) is 5.89 Å².